The summed E-state index contributed by atoms with van der Waals surface area (Å²) in [6.07, 6.45) is 0.435. The van der Waals surface area contributed by atoms with Gasteiger partial charge < -0.3 is 5.32 Å². The number of carbonyl (C=O) groups excluding carboxylic acids is 2. The summed E-state index contributed by atoms with van der Waals surface area (Å²) in [7, 11) is 0. The summed E-state index contributed by atoms with van der Waals surface area (Å²) in [5.74, 6) is 5.47. The van der Waals surface area contributed by atoms with Gasteiger partial charge in [-0.15, -0.1) is 5.92 Å². The summed E-state index contributed by atoms with van der Waals surface area (Å²) in [5.41, 5.74) is 1.23. The molecule has 0 aromatic heterocycles. The van der Waals surface area contributed by atoms with Gasteiger partial charge in [0.15, 0.2) is 0 Å². The normalized spacial score (nSPS) is 10.8. The molecule has 2 aromatic carbocycles. The Morgan fingerprint density at radius 2 is 1.48 bits per heavy atom. The van der Waals surface area contributed by atoms with Crippen LogP contribution in [0.2, 0.25) is 0 Å². The van der Waals surface area contributed by atoms with Gasteiger partial charge in [0.2, 0.25) is 5.91 Å². The number of benzene rings is 2. The Kier molecular flexibility index (Phi) is 7.37. The topological polar surface area (TPSA) is 46.2 Å². The molecule has 0 spiro atoms. The van der Waals surface area contributed by atoms with E-state index in [0.717, 1.165) is 11.1 Å². The number of Topliss-reactive ketones (excluding diaryl/α,β-unsaturated/α-hetero) is 1. The summed E-state index contributed by atoms with van der Waals surface area (Å²) in [5, 5.41) is 2.80. The number of amides is 1. The minimum absolute atomic E-state index is 0.0662. The smallest absolute Gasteiger partial charge is 0.232 e. The van der Waals surface area contributed by atoms with Crippen molar-refractivity contribution in [1.29, 1.82) is 0 Å². The number of hydrogen-bond donors (Lipinski definition) is 1. The van der Waals surface area contributed by atoms with Crippen LogP contribution in [0.15, 0.2) is 60.7 Å². The highest BCUT2D eigenvalue weighted by Crippen LogP contribution is 2.41. The molecule has 140 valence electrons. The lowest BCUT2D eigenvalue weighted by Gasteiger charge is -2.37. The van der Waals surface area contributed by atoms with E-state index in [2.05, 4.69) is 31.0 Å². The Balaban J connectivity index is 2.33. The van der Waals surface area contributed by atoms with Crippen molar-refractivity contribution in [3.8, 4) is 11.8 Å². The molecule has 0 radical (unpaired) electrons. The molecular weight excluding hydrogens is 334 g/mol. The second kappa shape index (κ2) is 9.73. The number of nitrogens with one attached hydrogen (secondary N) is 1. The van der Waals surface area contributed by atoms with Crippen molar-refractivity contribution in [3.63, 3.8) is 0 Å². The third-order valence-electron chi connectivity index (χ3n) is 4.86. The van der Waals surface area contributed by atoms with Crippen LogP contribution in [0.3, 0.4) is 0 Å². The first-order valence-corrected chi connectivity index (χ1v) is 9.34. The Morgan fingerprint density at radius 3 is 1.93 bits per heavy atom. The first-order chi connectivity index (χ1) is 13.0. The van der Waals surface area contributed by atoms with Gasteiger partial charge in [0.1, 0.15) is 5.78 Å². The molecule has 2 aromatic rings. The van der Waals surface area contributed by atoms with E-state index >= 15 is 0 Å². The van der Waals surface area contributed by atoms with Gasteiger partial charge in [-0.2, -0.15) is 0 Å². The number of carbonyl (C=O) groups is 2. The van der Waals surface area contributed by atoms with Crippen LogP contribution >= 0.6 is 0 Å². The fourth-order valence-electron chi connectivity index (χ4n) is 3.62. The van der Waals surface area contributed by atoms with Crippen LogP contribution in [0.25, 0.3) is 0 Å². The average Bonchev–Trinajstić information content (AvgIpc) is 2.68. The van der Waals surface area contributed by atoms with Gasteiger partial charge in [0, 0.05) is 13.0 Å². The number of hydrogen-bond acceptors (Lipinski definition) is 2. The van der Waals surface area contributed by atoms with E-state index in [9.17, 15) is 9.59 Å². The fraction of sp³-hybridized carbons (Fsp3) is 0.333. The molecule has 0 saturated heterocycles. The van der Waals surface area contributed by atoms with Crippen LogP contribution in [0, 0.1) is 17.8 Å². The van der Waals surface area contributed by atoms with Crippen molar-refractivity contribution in [1.82, 2.24) is 5.32 Å². The minimum atomic E-state index is -0.740. The predicted molar refractivity (Wildman–Crippen MR) is 109 cm³/mol. The number of rotatable bonds is 8. The monoisotopic (exact) mass is 361 g/mol. The molecule has 1 amide bonds. The molecule has 0 bridgehead atoms. The molecule has 0 fully saturated rings. The van der Waals surface area contributed by atoms with Gasteiger partial charge >= 0.3 is 0 Å². The molecular formula is C24H27NO2. The van der Waals surface area contributed by atoms with Crippen LogP contribution in [0.5, 0.6) is 0 Å². The quantitative estimate of drug-likeness (QED) is 0.719. The largest absolute Gasteiger partial charge is 0.355 e. The Labute approximate surface area is 162 Å². The summed E-state index contributed by atoms with van der Waals surface area (Å²) < 4.78 is 0. The molecule has 3 heteroatoms. The molecule has 0 saturated carbocycles. The maximum Gasteiger partial charge on any atom is 0.232 e. The molecule has 27 heavy (non-hydrogen) atoms. The second-order valence-corrected chi connectivity index (χ2v) is 6.82. The zero-order valence-electron chi connectivity index (χ0n) is 16.3. The van der Waals surface area contributed by atoms with Crippen LogP contribution in [-0.4, -0.2) is 18.2 Å². The molecule has 0 aliphatic rings. The molecule has 0 aliphatic heterocycles. The Hall–Kier alpha value is -2.86. The van der Waals surface area contributed by atoms with Gasteiger partial charge in [-0.05, 0) is 24.0 Å². The summed E-state index contributed by atoms with van der Waals surface area (Å²) in [6.45, 7) is 6.17. The van der Waals surface area contributed by atoms with E-state index in [1.165, 1.54) is 0 Å². The van der Waals surface area contributed by atoms with E-state index in [-0.39, 0.29) is 30.4 Å². The van der Waals surface area contributed by atoms with Crippen molar-refractivity contribution in [2.75, 3.05) is 6.54 Å². The van der Waals surface area contributed by atoms with Crippen molar-refractivity contribution in [3.05, 3.63) is 71.8 Å². The van der Waals surface area contributed by atoms with E-state index in [0.29, 0.717) is 6.54 Å². The van der Waals surface area contributed by atoms with Crippen LogP contribution < -0.4 is 5.32 Å². The highest BCUT2D eigenvalue weighted by molar-refractivity contribution is 5.94. The minimum Gasteiger partial charge on any atom is -0.355 e. The van der Waals surface area contributed by atoms with Gasteiger partial charge in [-0.25, -0.2) is 0 Å². The molecule has 2 rings (SSSR count). The zero-order chi connectivity index (χ0) is 19.7. The molecule has 0 heterocycles. The summed E-state index contributed by atoms with van der Waals surface area (Å²) in [4.78, 5) is 25.3. The standard InChI is InChI=1S/C24H27NO2/c1-4-5-16-23(27)25-18-17-22(26)24(19(2)3,20-12-8-6-9-13-20)21-14-10-7-11-15-21/h6-15,19H,16-18H2,1-3H3,(H,25,27). The SMILES string of the molecule is CC#CCC(=O)NCCC(=O)C(c1ccccc1)(c1ccccc1)C(C)C. The lowest BCUT2D eigenvalue weighted by Crippen LogP contribution is -2.43. The van der Waals surface area contributed by atoms with Crippen molar-refractivity contribution in [2.45, 2.75) is 39.0 Å². The lowest BCUT2D eigenvalue weighted by molar-refractivity contribution is -0.124. The van der Waals surface area contributed by atoms with Crippen molar-refractivity contribution < 1.29 is 9.59 Å². The van der Waals surface area contributed by atoms with E-state index in [1.807, 2.05) is 60.7 Å². The molecule has 0 aliphatic carbocycles. The van der Waals surface area contributed by atoms with Crippen LogP contribution in [0.4, 0.5) is 0 Å². The van der Waals surface area contributed by atoms with Gasteiger partial charge in [-0.3, -0.25) is 9.59 Å². The molecule has 1 N–H and O–H groups in total. The number of ketones is 1. The summed E-state index contributed by atoms with van der Waals surface area (Å²) in [6, 6.07) is 19.8. The van der Waals surface area contributed by atoms with E-state index in [1.54, 1.807) is 6.92 Å². The maximum absolute atomic E-state index is 13.5. The molecule has 0 unspecified atom stereocenters. The van der Waals surface area contributed by atoms with Crippen LogP contribution in [0.1, 0.15) is 44.7 Å². The Morgan fingerprint density at radius 1 is 0.963 bits per heavy atom. The van der Waals surface area contributed by atoms with E-state index < -0.39 is 5.41 Å². The van der Waals surface area contributed by atoms with Crippen molar-refractivity contribution in [2.24, 2.45) is 5.92 Å². The van der Waals surface area contributed by atoms with Gasteiger partial charge in [0.25, 0.3) is 0 Å². The van der Waals surface area contributed by atoms with Crippen LogP contribution in [-0.2, 0) is 15.0 Å². The zero-order valence-corrected chi connectivity index (χ0v) is 16.3. The molecule has 3 nitrogen and oxygen atoms in total. The highest BCUT2D eigenvalue weighted by Gasteiger charge is 2.43. The van der Waals surface area contributed by atoms with Crippen molar-refractivity contribution >= 4 is 11.7 Å². The lowest BCUT2D eigenvalue weighted by atomic mass is 9.63. The molecule has 0 atom stereocenters. The van der Waals surface area contributed by atoms with Gasteiger partial charge in [-0.1, -0.05) is 80.4 Å². The third kappa shape index (κ3) is 4.65. The summed E-state index contributed by atoms with van der Waals surface area (Å²) >= 11 is 0. The first kappa shape index (κ1) is 20.5. The first-order valence-electron chi connectivity index (χ1n) is 9.34. The average molecular weight is 361 g/mol. The Bertz CT molecular complexity index is 774. The highest BCUT2D eigenvalue weighted by atomic mass is 16.1. The second-order valence-electron chi connectivity index (χ2n) is 6.82. The van der Waals surface area contributed by atoms with Gasteiger partial charge in [0.05, 0.1) is 11.8 Å². The maximum atomic E-state index is 13.5. The fourth-order valence-corrected chi connectivity index (χ4v) is 3.62. The predicted octanol–water partition coefficient (Wildman–Crippen LogP) is 4.12. The van der Waals surface area contributed by atoms with E-state index in [4.69, 9.17) is 0 Å². The third-order valence-corrected chi connectivity index (χ3v) is 4.86.